The maximum absolute atomic E-state index is 14.0. The number of hydrogen-bond acceptors (Lipinski definition) is 2. The molecule has 12 rings (SSSR count). The molecule has 0 N–H and O–H groups in total. The average Bonchev–Trinajstić information content (AvgIpc) is 3.88. The molecule has 6 heteroatoms. The Morgan fingerprint density at radius 2 is 0.864 bits per heavy atom. The van der Waals surface area contributed by atoms with Crippen molar-refractivity contribution < 1.29 is 8.78 Å². The molecule has 66 heavy (non-hydrogen) atoms. The molecule has 2 heterocycles. The second-order valence-corrected chi connectivity index (χ2v) is 16.8. The standard InChI is InChI=1S/C60H42F2N4/c61-43-23-31-49(32-24-43)65-57-17-9-7-15-53(57)55-39-51(35-37-59(55)65)63(45-11-3-1-4-12-45)47-27-19-41(20-28-47)42-21-29-48(30-22-42)64(46-13-5-2-6-14-46)52-36-38-60-56(40-52)54-16-8-10-18-58(54)66(60)50-33-25-44(62)26-34-50/h1-35,37-40,52H,36H2. The molecule has 0 saturated heterocycles. The third-order valence-electron chi connectivity index (χ3n) is 12.9. The van der Waals surface area contributed by atoms with E-state index >= 15 is 0 Å². The zero-order valence-corrected chi connectivity index (χ0v) is 35.8. The highest BCUT2D eigenvalue weighted by Crippen LogP contribution is 2.41. The summed E-state index contributed by atoms with van der Waals surface area (Å²) in [5.74, 6) is -0.496. The molecule has 1 atom stereocenters. The summed E-state index contributed by atoms with van der Waals surface area (Å²) in [5, 5.41) is 5.74. The first kappa shape index (κ1) is 39.1. The summed E-state index contributed by atoms with van der Waals surface area (Å²) in [7, 11) is 0. The summed E-state index contributed by atoms with van der Waals surface area (Å²) in [6.45, 7) is 0. The monoisotopic (exact) mass is 856 g/mol. The number of hydrogen-bond donors (Lipinski definition) is 0. The molecule has 0 fully saturated rings. The van der Waals surface area contributed by atoms with Crippen LogP contribution in [0.4, 0.5) is 37.2 Å². The van der Waals surface area contributed by atoms with Crippen molar-refractivity contribution in [2.24, 2.45) is 0 Å². The van der Waals surface area contributed by atoms with E-state index in [1.807, 2.05) is 30.3 Å². The van der Waals surface area contributed by atoms with E-state index in [4.69, 9.17) is 0 Å². The van der Waals surface area contributed by atoms with Crippen molar-refractivity contribution >= 4 is 73.3 Å². The number of rotatable bonds is 9. The smallest absolute Gasteiger partial charge is 0.123 e. The van der Waals surface area contributed by atoms with Gasteiger partial charge in [0.15, 0.2) is 0 Å². The van der Waals surface area contributed by atoms with Gasteiger partial charge in [-0.2, -0.15) is 0 Å². The van der Waals surface area contributed by atoms with E-state index in [2.05, 4.69) is 201 Å². The average molecular weight is 857 g/mol. The molecule has 9 aromatic carbocycles. The number of aromatic nitrogens is 2. The summed E-state index contributed by atoms with van der Waals surface area (Å²) in [6, 6.07) is 75.8. The molecular formula is C60H42F2N4. The second-order valence-electron chi connectivity index (χ2n) is 16.8. The lowest BCUT2D eigenvalue weighted by atomic mass is 10.0. The fraction of sp³-hybridized carbons (Fsp3) is 0.0333. The van der Waals surface area contributed by atoms with Gasteiger partial charge in [0.1, 0.15) is 11.6 Å². The topological polar surface area (TPSA) is 16.3 Å². The van der Waals surface area contributed by atoms with Gasteiger partial charge in [-0.25, -0.2) is 8.78 Å². The Morgan fingerprint density at radius 3 is 1.50 bits per heavy atom. The predicted molar refractivity (Wildman–Crippen MR) is 269 cm³/mol. The van der Waals surface area contributed by atoms with E-state index in [0.29, 0.717) is 0 Å². The highest BCUT2D eigenvalue weighted by atomic mass is 19.1. The minimum atomic E-state index is -0.253. The molecule has 4 nitrogen and oxygen atoms in total. The quantitative estimate of drug-likeness (QED) is 0.144. The molecule has 316 valence electrons. The van der Waals surface area contributed by atoms with Crippen LogP contribution in [0.5, 0.6) is 0 Å². The predicted octanol–water partition coefficient (Wildman–Crippen LogP) is 14.3. The Balaban J connectivity index is 0.889. The Hall–Kier alpha value is -8.48. The van der Waals surface area contributed by atoms with Gasteiger partial charge in [-0.15, -0.1) is 0 Å². The summed E-state index contributed by atoms with van der Waals surface area (Å²) < 4.78 is 32.5. The van der Waals surface area contributed by atoms with Crippen LogP contribution in [0.2, 0.25) is 0 Å². The van der Waals surface area contributed by atoms with Crippen molar-refractivity contribution in [2.45, 2.75) is 12.5 Å². The van der Waals surface area contributed by atoms with Crippen LogP contribution in [-0.4, -0.2) is 15.2 Å². The molecular weight excluding hydrogens is 815 g/mol. The summed E-state index contributed by atoms with van der Waals surface area (Å²) in [6.07, 6.45) is 5.53. The fourth-order valence-corrected chi connectivity index (χ4v) is 9.93. The maximum atomic E-state index is 14.0. The molecule has 0 bridgehead atoms. The number of fused-ring (bicyclic) bond motifs is 6. The summed E-state index contributed by atoms with van der Waals surface area (Å²) in [4.78, 5) is 4.73. The maximum Gasteiger partial charge on any atom is 0.123 e. The minimum absolute atomic E-state index is 0.0557. The van der Waals surface area contributed by atoms with Gasteiger partial charge in [0.05, 0.1) is 22.6 Å². The van der Waals surface area contributed by atoms with Crippen molar-refractivity contribution in [3.8, 4) is 22.5 Å². The fourth-order valence-electron chi connectivity index (χ4n) is 9.93. The number of anilines is 5. The third kappa shape index (κ3) is 6.82. The first-order chi connectivity index (χ1) is 32.6. The van der Waals surface area contributed by atoms with Crippen molar-refractivity contribution in [1.82, 2.24) is 9.13 Å². The molecule has 0 spiro atoms. The number of para-hydroxylation sites is 4. The molecule has 2 aromatic heterocycles. The van der Waals surface area contributed by atoms with Crippen LogP contribution in [-0.2, 0) is 0 Å². The first-order valence-electron chi connectivity index (χ1n) is 22.3. The Labute approximate surface area is 381 Å². The molecule has 1 unspecified atom stereocenters. The zero-order valence-electron chi connectivity index (χ0n) is 35.8. The van der Waals surface area contributed by atoms with Crippen LogP contribution in [0.1, 0.15) is 6.42 Å². The normalized spacial score (nSPS) is 13.3. The van der Waals surface area contributed by atoms with Gasteiger partial charge in [-0.05, 0) is 145 Å². The number of nitrogens with zero attached hydrogens (tertiary/aromatic N) is 4. The summed E-state index contributed by atoms with van der Waals surface area (Å²) >= 11 is 0. The zero-order chi connectivity index (χ0) is 44.1. The molecule has 0 saturated carbocycles. The number of benzene rings is 9. The highest BCUT2D eigenvalue weighted by molar-refractivity contribution is 6.10. The second kappa shape index (κ2) is 16.3. The molecule has 0 amide bonds. The van der Waals surface area contributed by atoms with Crippen molar-refractivity contribution in [3.05, 3.63) is 247 Å². The van der Waals surface area contributed by atoms with Crippen LogP contribution < -0.4 is 20.4 Å². The first-order valence-corrected chi connectivity index (χ1v) is 22.3. The largest absolute Gasteiger partial charge is 0.334 e. The SMILES string of the molecule is Fc1ccc(-n2c3c(c4ccccc42)=CC(N(c2ccccc2)c2ccc(-c4ccc(N(c5ccccc5)c5ccc6c(c5)c5ccccc5n6-c5ccc(F)cc5)cc4)cc2)CC=3)cc1. The highest BCUT2D eigenvalue weighted by Gasteiger charge is 2.23. The van der Waals surface area contributed by atoms with Gasteiger partial charge < -0.3 is 18.9 Å². The van der Waals surface area contributed by atoms with E-state index in [0.717, 1.165) is 90.0 Å². The van der Waals surface area contributed by atoms with Crippen LogP contribution in [0.25, 0.3) is 67.4 Å². The van der Waals surface area contributed by atoms with Crippen LogP contribution in [0.15, 0.2) is 224 Å². The van der Waals surface area contributed by atoms with Gasteiger partial charge in [0, 0.05) is 66.5 Å². The minimum Gasteiger partial charge on any atom is -0.334 e. The van der Waals surface area contributed by atoms with Gasteiger partial charge in [-0.3, -0.25) is 0 Å². The van der Waals surface area contributed by atoms with E-state index in [1.165, 1.54) is 34.9 Å². The number of halogens is 2. The molecule has 11 aromatic rings. The van der Waals surface area contributed by atoms with Gasteiger partial charge >= 0.3 is 0 Å². The third-order valence-corrected chi connectivity index (χ3v) is 12.9. The van der Waals surface area contributed by atoms with Crippen molar-refractivity contribution in [2.75, 3.05) is 9.80 Å². The Bertz CT molecular complexity index is 3670. The van der Waals surface area contributed by atoms with Gasteiger partial charge in [-0.1, -0.05) is 109 Å². The lowest BCUT2D eigenvalue weighted by Crippen LogP contribution is -2.39. The van der Waals surface area contributed by atoms with E-state index in [9.17, 15) is 8.78 Å². The van der Waals surface area contributed by atoms with Crippen LogP contribution in [0.3, 0.4) is 0 Å². The Morgan fingerprint density at radius 1 is 0.394 bits per heavy atom. The van der Waals surface area contributed by atoms with Crippen LogP contribution in [0, 0.1) is 11.6 Å². The van der Waals surface area contributed by atoms with E-state index in [-0.39, 0.29) is 17.7 Å². The molecule has 0 radical (unpaired) electrons. The molecule has 0 aliphatic heterocycles. The van der Waals surface area contributed by atoms with E-state index in [1.54, 1.807) is 0 Å². The summed E-state index contributed by atoms with van der Waals surface area (Å²) in [5.41, 5.74) is 12.7. The molecule has 1 aliphatic rings. The Kier molecular flexibility index (Phi) is 9.64. The lowest BCUT2D eigenvalue weighted by molar-refractivity contribution is 0.627. The van der Waals surface area contributed by atoms with Gasteiger partial charge in [0.2, 0.25) is 0 Å². The van der Waals surface area contributed by atoms with Crippen LogP contribution >= 0.6 is 0 Å². The van der Waals surface area contributed by atoms with Crippen molar-refractivity contribution in [3.63, 3.8) is 0 Å². The van der Waals surface area contributed by atoms with Crippen molar-refractivity contribution in [1.29, 1.82) is 0 Å². The van der Waals surface area contributed by atoms with E-state index < -0.39 is 0 Å². The van der Waals surface area contributed by atoms with Gasteiger partial charge in [0.25, 0.3) is 0 Å². The molecule has 1 aliphatic carbocycles. The lowest BCUT2D eigenvalue weighted by Gasteiger charge is -2.32.